The van der Waals surface area contributed by atoms with E-state index in [4.69, 9.17) is 9.47 Å². The van der Waals surface area contributed by atoms with Crippen molar-refractivity contribution in [3.63, 3.8) is 0 Å². The molecule has 4 heteroatoms. The summed E-state index contributed by atoms with van der Waals surface area (Å²) in [6.07, 6.45) is 8.42. The van der Waals surface area contributed by atoms with Gasteiger partial charge in [-0.2, -0.15) is 0 Å². The number of carbonyl (C=O) groups is 2. The maximum Gasteiger partial charge on any atom is 0.338 e. The molecule has 22 heavy (non-hydrogen) atoms. The van der Waals surface area contributed by atoms with E-state index in [2.05, 4.69) is 20.1 Å². The molecule has 0 saturated carbocycles. The Morgan fingerprint density at radius 3 is 1.59 bits per heavy atom. The van der Waals surface area contributed by atoms with Crippen LogP contribution >= 0.6 is 0 Å². The van der Waals surface area contributed by atoms with E-state index in [0.29, 0.717) is 13.2 Å². The van der Waals surface area contributed by atoms with Crippen molar-refractivity contribution in [2.24, 2.45) is 0 Å². The fourth-order valence-electron chi connectivity index (χ4n) is 1.78. The van der Waals surface area contributed by atoms with E-state index in [1.165, 1.54) is 19.3 Å². The molecule has 0 saturated heterocycles. The van der Waals surface area contributed by atoms with Crippen molar-refractivity contribution in [3.05, 3.63) is 24.3 Å². The van der Waals surface area contributed by atoms with Gasteiger partial charge in [0.2, 0.25) is 0 Å². The second-order valence-corrected chi connectivity index (χ2v) is 5.35. The zero-order valence-electron chi connectivity index (χ0n) is 14.1. The summed E-state index contributed by atoms with van der Waals surface area (Å²) in [5.41, 5.74) is -0.0449. The monoisotopic (exact) mass is 310 g/mol. The number of ether oxygens (including phenoxy) is 2. The van der Waals surface area contributed by atoms with Crippen LogP contribution < -0.4 is 0 Å². The summed E-state index contributed by atoms with van der Waals surface area (Å²) >= 11 is 0. The number of hydrogen-bond donors (Lipinski definition) is 0. The fraction of sp³-hybridized carbons (Fsp3) is 0.667. The molecule has 0 spiro atoms. The molecule has 0 amide bonds. The molecule has 0 N–H and O–H groups in total. The first-order valence-corrected chi connectivity index (χ1v) is 8.27. The van der Waals surface area contributed by atoms with E-state index in [1.807, 2.05) is 6.92 Å². The highest BCUT2D eigenvalue weighted by atomic mass is 16.5. The molecule has 0 heterocycles. The van der Waals surface area contributed by atoms with Crippen LogP contribution in [0.2, 0.25) is 0 Å². The van der Waals surface area contributed by atoms with Crippen molar-refractivity contribution in [2.45, 2.75) is 65.2 Å². The van der Waals surface area contributed by atoms with Crippen LogP contribution in [0.5, 0.6) is 0 Å². The molecule has 126 valence electrons. The predicted octanol–water partition coefficient (Wildman–Crippen LogP) is 4.35. The molecule has 0 radical (unpaired) electrons. The van der Waals surface area contributed by atoms with Crippen molar-refractivity contribution in [1.82, 2.24) is 0 Å². The molecular formula is C18H30O4. The molecule has 0 aromatic carbocycles. The Bertz CT molecular complexity index is 371. The summed E-state index contributed by atoms with van der Waals surface area (Å²) < 4.78 is 10.1. The van der Waals surface area contributed by atoms with Gasteiger partial charge < -0.3 is 9.47 Å². The lowest BCUT2D eigenvalue weighted by Crippen LogP contribution is -2.16. The minimum atomic E-state index is -0.602. The smallest absolute Gasteiger partial charge is 0.338 e. The third kappa shape index (κ3) is 9.37. The lowest BCUT2D eigenvalue weighted by molar-refractivity contribution is -0.142. The summed E-state index contributed by atoms with van der Waals surface area (Å²) in [5.74, 6) is -1.19. The quantitative estimate of drug-likeness (QED) is 0.220. The van der Waals surface area contributed by atoms with Gasteiger partial charge in [0.15, 0.2) is 0 Å². The molecular weight excluding hydrogens is 280 g/mol. The Labute approximate surface area is 134 Å². The third-order valence-corrected chi connectivity index (χ3v) is 3.32. The average molecular weight is 310 g/mol. The standard InChI is InChI=1S/C18H30O4/c1-5-7-9-10-11-12-14-22-18(20)16(4)15(3)17(19)21-13-8-6-2/h3-14H2,1-2H3. The highest BCUT2D eigenvalue weighted by Gasteiger charge is 2.19. The van der Waals surface area contributed by atoms with Gasteiger partial charge in [-0.3, -0.25) is 0 Å². The van der Waals surface area contributed by atoms with Gasteiger partial charge in [0.05, 0.1) is 24.4 Å². The molecule has 0 bridgehead atoms. The van der Waals surface area contributed by atoms with Crippen molar-refractivity contribution >= 4 is 11.9 Å². The number of hydrogen-bond acceptors (Lipinski definition) is 4. The SMILES string of the molecule is C=C(C(=C)C(=O)OCCCCCCCC)C(=O)OCCCC. The minimum absolute atomic E-state index is 0.0209. The van der Waals surface area contributed by atoms with Crippen LogP contribution in [0.15, 0.2) is 24.3 Å². The maximum atomic E-state index is 11.8. The second-order valence-electron chi connectivity index (χ2n) is 5.35. The van der Waals surface area contributed by atoms with Crippen LogP contribution in [0.4, 0.5) is 0 Å². The van der Waals surface area contributed by atoms with E-state index in [-0.39, 0.29) is 11.1 Å². The van der Waals surface area contributed by atoms with E-state index in [9.17, 15) is 9.59 Å². The van der Waals surface area contributed by atoms with Crippen molar-refractivity contribution in [2.75, 3.05) is 13.2 Å². The third-order valence-electron chi connectivity index (χ3n) is 3.32. The first kappa shape index (κ1) is 20.4. The normalized spacial score (nSPS) is 10.1. The number of carbonyl (C=O) groups excluding carboxylic acids is 2. The Morgan fingerprint density at radius 1 is 0.682 bits per heavy atom. The van der Waals surface area contributed by atoms with E-state index in [0.717, 1.165) is 32.1 Å². The van der Waals surface area contributed by atoms with Gasteiger partial charge in [0.25, 0.3) is 0 Å². The van der Waals surface area contributed by atoms with E-state index in [1.54, 1.807) is 0 Å². The fourth-order valence-corrected chi connectivity index (χ4v) is 1.78. The Hall–Kier alpha value is -1.58. The first-order valence-electron chi connectivity index (χ1n) is 8.27. The molecule has 0 aliphatic heterocycles. The van der Waals surface area contributed by atoms with Gasteiger partial charge in [-0.25, -0.2) is 9.59 Å². The zero-order valence-corrected chi connectivity index (χ0v) is 14.1. The Balaban J connectivity index is 3.88. The summed E-state index contributed by atoms with van der Waals surface area (Å²) in [6, 6.07) is 0. The first-order chi connectivity index (χ1) is 10.5. The van der Waals surface area contributed by atoms with Gasteiger partial charge in [-0.05, 0) is 12.8 Å². The molecule has 0 aliphatic rings. The Morgan fingerprint density at radius 2 is 1.09 bits per heavy atom. The highest BCUT2D eigenvalue weighted by Crippen LogP contribution is 2.11. The van der Waals surface area contributed by atoms with Gasteiger partial charge in [0, 0.05) is 0 Å². The van der Waals surface area contributed by atoms with Crippen LogP contribution in [-0.4, -0.2) is 25.2 Å². The van der Waals surface area contributed by atoms with Crippen molar-refractivity contribution < 1.29 is 19.1 Å². The van der Waals surface area contributed by atoms with Gasteiger partial charge in [-0.1, -0.05) is 65.5 Å². The van der Waals surface area contributed by atoms with Crippen LogP contribution in [0.3, 0.4) is 0 Å². The Kier molecular flexibility index (Phi) is 12.2. The van der Waals surface area contributed by atoms with Crippen LogP contribution in [0.25, 0.3) is 0 Å². The van der Waals surface area contributed by atoms with Gasteiger partial charge >= 0.3 is 11.9 Å². The summed E-state index contributed by atoms with van der Waals surface area (Å²) in [5, 5.41) is 0. The number of rotatable bonds is 13. The molecule has 0 unspecified atom stereocenters. The lowest BCUT2D eigenvalue weighted by atomic mass is 10.1. The lowest BCUT2D eigenvalue weighted by Gasteiger charge is -2.09. The predicted molar refractivity (Wildman–Crippen MR) is 88.5 cm³/mol. The molecule has 0 atom stereocenters. The van der Waals surface area contributed by atoms with Crippen molar-refractivity contribution in [1.29, 1.82) is 0 Å². The molecule has 0 aliphatic carbocycles. The summed E-state index contributed by atoms with van der Waals surface area (Å²) in [7, 11) is 0. The molecule has 0 rings (SSSR count). The zero-order chi connectivity index (χ0) is 16.8. The number of esters is 2. The second kappa shape index (κ2) is 13.1. The van der Waals surface area contributed by atoms with Crippen LogP contribution in [0, 0.1) is 0 Å². The average Bonchev–Trinajstić information content (AvgIpc) is 2.52. The minimum Gasteiger partial charge on any atom is -0.462 e. The molecule has 0 aromatic rings. The van der Waals surface area contributed by atoms with Crippen LogP contribution in [-0.2, 0) is 19.1 Å². The summed E-state index contributed by atoms with van der Waals surface area (Å²) in [4.78, 5) is 23.4. The molecule has 0 fully saturated rings. The molecule has 4 nitrogen and oxygen atoms in total. The largest absolute Gasteiger partial charge is 0.462 e. The van der Waals surface area contributed by atoms with Gasteiger partial charge in [0.1, 0.15) is 0 Å². The highest BCUT2D eigenvalue weighted by molar-refractivity contribution is 6.06. The van der Waals surface area contributed by atoms with E-state index < -0.39 is 11.9 Å². The van der Waals surface area contributed by atoms with Crippen LogP contribution in [0.1, 0.15) is 65.2 Å². The van der Waals surface area contributed by atoms with Gasteiger partial charge in [-0.15, -0.1) is 0 Å². The summed E-state index contributed by atoms with van der Waals surface area (Å²) in [6.45, 7) is 12.0. The molecule has 0 aromatic heterocycles. The maximum absolute atomic E-state index is 11.8. The number of unbranched alkanes of at least 4 members (excludes halogenated alkanes) is 6. The topological polar surface area (TPSA) is 52.6 Å². The van der Waals surface area contributed by atoms with Crippen molar-refractivity contribution in [3.8, 4) is 0 Å². The van der Waals surface area contributed by atoms with E-state index >= 15 is 0 Å².